The van der Waals surface area contributed by atoms with Crippen LogP contribution in [0.2, 0.25) is 0 Å². The fourth-order valence-corrected chi connectivity index (χ4v) is 2.03. The van der Waals surface area contributed by atoms with Gasteiger partial charge in [-0.3, -0.25) is 4.79 Å². The van der Waals surface area contributed by atoms with Crippen LogP contribution in [-0.4, -0.2) is 15.0 Å². The molecule has 1 N–H and O–H groups in total. The third-order valence-electron chi connectivity index (χ3n) is 2.37. The van der Waals surface area contributed by atoms with Gasteiger partial charge < -0.3 is 4.98 Å². The van der Waals surface area contributed by atoms with E-state index in [9.17, 15) is 4.79 Å². The summed E-state index contributed by atoms with van der Waals surface area (Å²) in [6.45, 7) is 8.03. The first-order valence-corrected chi connectivity index (χ1v) is 6.28. The Kier molecular flexibility index (Phi) is 2.87. The third-order valence-corrected chi connectivity index (χ3v) is 3.15. The second-order valence-electron chi connectivity index (χ2n) is 4.98. The molecule has 17 heavy (non-hydrogen) atoms. The summed E-state index contributed by atoms with van der Waals surface area (Å²) in [7, 11) is 0. The molecule has 0 aromatic carbocycles. The van der Waals surface area contributed by atoms with Crippen molar-refractivity contribution < 1.29 is 0 Å². The van der Waals surface area contributed by atoms with Crippen LogP contribution in [0.25, 0.3) is 11.5 Å². The van der Waals surface area contributed by atoms with Crippen molar-refractivity contribution >= 4 is 11.3 Å². The molecule has 0 aliphatic carbocycles. The Balaban J connectivity index is 2.57. The predicted octanol–water partition coefficient (Wildman–Crippen LogP) is 2.50. The van der Waals surface area contributed by atoms with E-state index in [4.69, 9.17) is 0 Å². The molecule has 2 aromatic heterocycles. The van der Waals surface area contributed by atoms with E-state index in [0.29, 0.717) is 5.82 Å². The van der Waals surface area contributed by atoms with E-state index in [1.54, 1.807) is 17.4 Å². The SMILES string of the molecule is Cc1nc(-c2nc(C(C)(C)C)cc(=O)[nH]2)cs1. The summed E-state index contributed by atoms with van der Waals surface area (Å²) in [6.07, 6.45) is 0. The maximum Gasteiger partial charge on any atom is 0.251 e. The average molecular weight is 249 g/mol. The highest BCUT2D eigenvalue weighted by Gasteiger charge is 2.18. The molecule has 2 heterocycles. The smallest absolute Gasteiger partial charge is 0.251 e. The molecule has 0 unspecified atom stereocenters. The van der Waals surface area contributed by atoms with Crippen LogP contribution in [0.15, 0.2) is 16.2 Å². The molecular weight excluding hydrogens is 234 g/mol. The molecule has 0 radical (unpaired) electrons. The van der Waals surface area contributed by atoms with E-state index < -0.39 is 0 Å². The van der Waals surface area contributed by atoms with E-state index in [1.807, 2.05) is 33.1 Å². The number of H-pyrrole nitrogens is 1. The van der Waals surface area contributed by atoms with Crippen LogP contribution in [-0.2, 0) is 5.41 Å². The third kappa shape index (κ3) is 2.61. The summed E-state index contributed by atoms with van der Waals surface area (Å²) in [5.74, 6) is 0.548. The molecule has 2 rings (SSSR count). The van der Waals surface area contributed by atoms with Crippen LogP contribution < -0.4 is 5.56 Å². The van der Waals surface area contributed by atoms with Crippen molar-refractivity contribution in [3.05, 3.63) is 32.5 Å². The molecule has 0 saturated carbocycles. The van der Waals surface area contributed by atoms with Crippen LogP contribution in [0.3, 0.4) is 0 Å². The Labute approximate surface area is 104 Å². The van der Waals surface area contributed by atoms with Crippen LogP contribution in [0.1, 0.15) is 31.5 Å². The number of aromatic amines is 1. The minimum absolute atomic E-state index is 0.134. The van der Waals surface area contributed by atoms with Gasteiger partial charge >= 0.3 is 0 Å². The van der Waals surface area contributed by atoms with Crippen molar-refractivity contribution in [2.75, 3.05) is 0 Å². The highest BCUT2D eigenvalue weighted by molar-refractivity contribution is 7.09. The van der Waals surface area contributed by atoms with Crippen molar-refractivity contribution in [2.24, 2.45) is 0 Å². The molecule has 2 aromatic rings. The first-order chi connectivity index (χ1) is 7.86. The molecule has 0 aliphatic rings. The quantitative estimate of drug-likeness (QED) is 0.844. The zero-order chi connectivity index (χ0) is 12.6. The Bertz CT molecular complexity index is 592. The monoisotopic (exact) mass is 249 g/mol. The summed E-state index contributed by atoms with van der Waals surface area (Å²) in [5.41, 5.74) is 1.23. The Morgan fingerprint density at radius 1 is 1.29 bits per heavy atom. The number of hydrogen-bond acceptors (Lipinski definition) is 4. The summed E-state index contributed by atoms with van der Waals surface area (Å²) in [5, 5.41) is 2.86. The molecule has 0 fully saturated rings. The Morgan fingerprint density at radius 2 is 2.00 bits per heavy atom. The summed E-state index contributed by atoms with van der Waals surface area (Å²) in [6, 6.07) is 1.54. The lowest BCUT2D eigenvalue weighted by Gasteiger charge is -2.17. The number of aromatic nitrogens is 3. The molecule has 0 bridgehead atoms. The van der Waals surface area contributed by atoms with Gasteiger partial charge in [0.2, 0.25) is 0 Å². The number of nitrogens with zero attached hydrogens (tertiary/aromatic N) is 2. The standard InChI is InChI=1S/C12H15N3OS/c1-7-13-8(6-17-7)11-14-9(12(2,3)4)5-10(16)15-11/h5-6H,1-4H3,(H,14,15,16). The Hall–Kier alpha value is -1.49. The molecule has 0 spiro atoms. The number of hydrogen-bond donors (Lipinski definition) is 1. The number of aryl methyl sites for hydroxylation is 1. The number of thiazole rings is 1. The maximum absolute atomic E-state index is 11.6. The summed E-state index contributed by atoms with van der Waals surface area (Å²) < 4.78 is 0. The zero-order valence-electron chi connectivity index (χ0n) is 10.4. The van der Waals surface area contributed by atoms with E-state index >= 15 is 0 Å². The Morgan fingerprint density at radius 3 is 2.53 bits per heavy atom. The molecular formula is C12H15N3OS. The first-order valence-electron chi connectivity index (χ1n) is 5.40. The fraction of sp³-hybridized carbons (Fsp3) is 0.417. The molecule has 90 valence electrons. The zero-order valence-corrected chi connectivity index (χ0v) is 11.2. The largest absolute Gasteiger partial charge is 0.305 e. The normalized spacial score (nSPS) is 11.8. The maximum atomic E-state index is 11.6. The van der Waals surface area contributed by atoms with Crippen LogP contribution in [0.5, 0.6) is 0 Å². The minimum Gasteiger partial charge on any atom is -0.305 e. The van der Waals surface area contributed by atoms with Gasteiger partial charge in [-0.05, 0) is 6.92 Å². The van der Waals surface area contributed by atoms with E-state index in [1.165, 1.54) is 0 Å². The van der Waals surface area contributed by atoms with Gasteiger partial charge in [-0.2, -0.15) is 0 Å². The summed E-state index contributed by atoms with van der Waals surface area (Å²) >= 11 is 1.55. The van der Waals surface area contributed by atoms with E-state index in [0.717, 1.165) is 16.4 Å². The molecule has 0 saturated heterocycles. The van der Waals surface area contributed by atoms with Crippen molar-refractivity contribution in [1.29, 1.82) is 0 Å². The fourth-order valence-electron chi connectivity index (χ4n) is 1.44. The predicted molar refractivity (Wildman–Crippen MR) is 69.4 cm³/mol. The molecule has 0 amide bonds. The highest BCUT2D eigenvalue weighted by Crippen LogP contribution is 2.22. The van der Waals surface area contributed by atoms with E-state index in [2.05, 4.69) is 15.0 Å². The second-order valence-corrected chi connectivity index (χ2v) is 6.04. The second kappa shape index (κ2) is 4.07. The van der Waals surface area contributed by atoms with Gasteiger partial charge in [0, 0.05) is 16.9 Å². The summed E-state index contributed by atoms with van der Waals surface area (Å²) in [4.78, 5) is 23.2. The van der Waals surface area contributed by atoms with Crippen molar-refractivity contribution in [3.8, 4) is 11.5 Å². The van der Waals surface area contributed by atoms with Gasteiger partial charge in [-0.15, -0.1) is 11.3 Å². The van der Waals surface area contributed by atoms with Crippen molar-refractivity contribution in [3.63, 3.8) is 0 Å². The van der Waals surface area contributed by atoms with Crippen molar-refractivity contribution in [1.82, 2.24) is 15.0 Å². The van der Waals surface area contributed by atoms with Gasteiger partial charge in [0.15, 0.2) is 5.82 Å². The van der Waals surface area contributed by atoms with Crippen LogP contribution >= 0.6 is 11.3 Å². The van der Waals surface area contributed by atoms with Crippen LogP contribution in [0, 0.1) is 6.92 Å². The van der Waals surface area contributed by atoms with Gasteiger partial charge in [-0.25, -0.2) is 9.97 Å². The average Bonchev–Trinajstić information content (AvgIpc) is 2.62. The van der Waals surface area contributed by atoms with Gasteiger partial charge in [-0.1, -0.05) is 20.8 Å². The molecule has 0 aliphatic heterocycles. The highest BCUT2D eigenvalue weighted by atomic mass is 32.1. The number of nitrogens with one attached hydrogen (secondary N) is 1. The molecule has 4 nitrogen and oxygen atoms in total. The van der Waals surface area contributed by atoms with Gasteiger partial charge in [0.1, 0.15) is 5.69 Å². The molecule has 0 atom stereocenters. The van der Waals surface area contributed by atoms with Crippen LogP contribution in [0.4, 0.5) is 0 Å². The topological polar surface area (TPSA) is 58.6 Å². The van der Waals surface area contributed by atoms with E-state index in [-0.39, 0.29) is 11.0 Å². The lowest BCUT2D eigenvalue weighted by Crippen LogP contribution is -2.19. The lowest BCUT2D eigenvalue weighted by molar-refractivity contribution is 0.566. The van der Waals surface area contributed by atoms with Gasteiger partial charge in [0.05, 0.1) is 10.7 Å². The molecule has 5 heteroatoms. The van der Waals surface area contributed by atoms with Gasteiger partial charge in [0.25, 0.3) is 5.56 Å². The minimum atomic E-state index is -0.145. The number of rotatable bonds is 1. The lowest BCUT2D eigenvalue weighted by atomic mass is 9.92. The van der Waals surface area contributed by atoms with Crippen molar-refractivity contribution in [2.45, 2.75) is 33.1 Å². The first kappa shape index (κ1) is 12.0.